The first-order chi connectivity index (χ1) is 7.02. The van der Waals surface area contributed by atoms with Crippen molar-refractivity contribution in [3.8, 4) is 6.01 Å². The first-order valence-corrected chi connectivity index (χ1v) is 4.42. The van der Waals surface area contributed by atoms with E-state index >= 15 is 0 Å². The van der Waals surface area contributed by atoms with Crippen LogP contribution in [0.2, 0.25) is 0 Å². The lowest BCUT2D eigenvalue weighted by Gasteiger charge is -2.10. The van der Waals surface area contributed by atoms with Gasteiger partial charge in [-0.2, -0.15) is 4.98 Å². The lowest BCUT2D eigenvalue weighted by Crippen LogP contribution is -2.26. The number of carboxylic acids is 1. The van der Waals surface area contributed by atoms with Crippen molar-refractivity contribution in [2.75, 3.05) is 12.4 Å². The molecule has 82 valence electrons. The van der Waals surface area contributed by atoms with Crippen molar-refractivity contribution in [1.82, 2.24) is 9.97 Å². The quantitative estimate of drug-likeness (QED) is 0.761. The molecule has 1 rings (SSSR count). The van der Waals surface area contributed by atoms with E-state index in [1.165, 1.54) is 14.0 Å². The number of hydrogen-bond donors (Lipinski definition) is 2. The van der Waals surface area contributed by atoms with Crippen LogP contribution >= 0.6 is 0 Å². The van der Waals surface area contributed by atoms with Gasteiger partial charge in [-0.1, -0.05) is 0 Å². The van der Waals surface area contributed by atoms with Gasteiger partial charge in [0.05, 0.1) is 7.11 Å². The van der Waals surface area contributed by atoms with Crippen LogP contribution in [0.5, 0.6) is 6.01 Å². The molecule has 0 saturated heterocycles. The molecule has 1 aromatic rings. The van der Waals surface area contributed by atoms with Crippen molar-refractivity contribution in [3.05, 3.63) is 11.8 Å². The van der Waals surface area contributed by atoms with Gasteiger partial charge in [-0.15, -0.1) is 0 Å². The Kier molecular flexibility index (Phi) is 3.43. The Hall–Kier alpha value is -1.85. The molecule has 0 spiro atoms. The number of nitrogens with zero attached hydrogens (tertiary/aromatic N) is 2. The highest BCUT2D eigenvalue weighted by Gasteiger charge is 2.11. The van der Waals surface area contributed by atoms with Crippen LogP contribution in [0.3, 0.4) is 0 Å². The Morgan fingerprint density at radius 2 is 2.27 bits per heavy atom. The van der Waals surface area contributed by atoms with Crippen LogP contribution in [-0.4, -0.2) is 34.2 Å². The summed E-state index contributed by atoms with van der Waals surface area (Å²) in [5.74, 6) is -0.500. The molecule has 0 aliphatic heterocycles. The first kappa shape index (κ1) is 11.2. The van der Waals surface area contributed by atoms with Gasteiger partial charge < -0.3 is 15.2 Å². The Labute approximate surface area is 87.3 Å². The van der Waals surface area contributed by atoms with Crippen molar-refractivity contribution in [2.24, 2.45) is 0 Å². The third-order valence-electron chi connectivity index (χ3n) is 1.75. The maximum Gasteiger partial charge on any atom is 0.325 e. The fourth-order valence-electron chi connectivity index (χ4n) is 0.990. The largest absolute Gasteiger partial charge is 0.480 e. The normalized spacial score (nSPS) is 11.9. The number of methoxy groups -OCH3 is 1. The van der Waals surface area contributed by atoms with Gasteiger partial charge in [0.1, 0.15) is 11.9 Å². The topological polar surface area (TPSA) is 84.3 Å². The number of aryl methyl sites for hydroxylation is 1. The molecule has 1 atom stereocenters. The minimum atomic E-state index is -0.940. The second-order valence-electron chi connectivity index (χ2n) is 3.09. The predicted molar refractivity (Wildman–Crippen MR) is 54.0 cm³/mol. The van der Waals surface area contributed by atoms with E-state index in [9.17, 15) is 4.79 Å². The zero-order valence-corrected chi connectivity index (χ0v) is 8.81. The molecule has 2 N–H and O–H groups in total. The van der Waals surface area contributed by atoms with E-state index in [4.69, 9.17) is 9.84 Å². The zero-order valence-electron chi connectivity index (χ0n) is 8.81. The van der Waals surface area contributed by atoms with E-state index in [0.717, 1.165) is 0 Å². The third kappa shape index (κ3) is 3.08. The smallest absolute Gasteiger partial charge is 0.325 e. The highest BCUT2D eigenvalue weighted by Crippen LogP contribution is 2.11. The zero-order chi connectivity index (χ0) is 11.4. The van der Waals surface area contributed by atoms with Crippen LogP contribution in [-0.2, 0) is 4.79 Å². The van der Waals surface area contributed by atoms with Crippen LogP contribution in [0.1, 0.15) is 12.6 Å². The van der Waals surface area contributed by atoms with Crippen LogP contribution < -0.4 is 10.1 Å². The highest BCUT2D eigenvalue weighted by molar-refractivity contribution is 5.76. The number of rotatable bonds is 4. The van der Waals surface area contributed by atoms with Gasteiger partial charge >= 0.3 is 12.0 Å². The fourth-order valence-corrected chi connectivity index (χ4v) is 0.990. The number of carbonyl (C=O) groups is 1. The molecule has 0 radical (unpaired) electrons. The molecule has 0 amide bonds. The van der Waals surface area contributed by atoms with Gasteiger partial charge in [-0.3, -0.25) is 4.79 Å². The van der Waals surface area contributed by atoms with Crippen molar-refractivity contribution in [3.63, 3.8) is 0 Å². The van der Waals surface area contributed by atoms with E-state index in [1.807, 2.05) is 0 Å². The monoisotopic (exact) mass is 211 g/mol. The van der Waals surface area contributed by atoms with Crippen molar-refractivity contribution >= 4 is 11.8 Å². The summed E-state index contributed by atoms with van der Waals surface area (Å²) in [5, 5.41) is 11.4. The summed E-state index contributed by atoms with van der Waals surface area (Å²) in [6, 6.07) is 1.17. The number of ether oxygens (including phenoxy) is 1. The molecular formula is C9H13N3O3. The molecule has 0 fully saturated rings. The number of nitrogens with one attached hydrogen (secondary N) is 1. The lowest BCUT2D eigenvalue weighted by atomic mass is 10.3. The number of aromatic nitrogens is 2. The molecule has 15 heavy (non-hydrogen) atoms. The average Bonchev–Trinajstić information content (AvgIpc) is 2.16. The molecule has 0 aromatic carbocycles. The highest BCUT2D eigenvalue weighted by atomic mass is 16.5. The van der Waals surface area contributed by atoms with Crippen LogP contribution in [0, 0.1) is 6.92 Å². The molecule has 0 saturated carbocycles. The molecule has 0 aliphatic carbocycles. The maximum atomic E-state index is 10.6. The number of hydrogen-bond acceptors (Lipinski definition) is 5. The SMILES string of the molecule is COc1nc(C)cc(N[C@@H](C)C(=O)O)n1. The number of carboxylic acid groups (broad SMARTS) is 1. The van der Waals surface area contributed by atoms with E-state index in [-0.39, 0.29) is 6.01 Å². The Morgan fingerprint density at radius 1 is 1.60 bits per heavy atom. The molecule has 1 heterocycles. The maximum absolute atomic E-state index is 10.6. The van der Waals surface area contributed by atoms with Gasteiger partial charge in [-0.05, 0) is 13.8 Å². The summed E-state index contributed by atoms with van der Waals surface area (Å²) >= 11 is 0. The van der Waals surface area contributed by atoms with E-state index in [0.29, 0.717) is 11.5 Å². The summed E-state index contributed by atoms with van der Waals surface area (Å²) in [7, 11) is 1.46. The summed E-state index contributed by atoms with van der Waals surface area (Å²) < 4.78 is 4.87. The van der Waals surface area contributed by atoms with Gasteiger partial charge in [0, 0.05) is 11.8 Å². The minimum absolute atomic E-state index is 0.218. The van der Waals surface area contributed by atoms with Crippen LogP contribution in [0.25, 0.3) is 0 Å². The second-order valence-corrected chi connectivity index (χ2v) is 3.09. The van der Waals surface area contributed by atoms with Crippen molar-refractivity contribution in [1.29, 1.82) is 0 Å². The van der Waals surface area contributed by atoms with Crippen molar-refractivity contribution in [2.45, 2.75) is 19.9 Å². The molecule has 6 nitrogen and oxygen atoms in total. The Bertz CT molecular complexity index is 368. The Morgan fingerprint density at radius 3 is 2.80 bits per heavy atom. The molecule has 6 heteroatoms. The summed E-state index contributed by atoms with van der Waals surface area (Å²) in [6.07, 6.45) is 0. The number of anilines is 1. The minimum Gasteiger partial charge on any atom is -0.480 e. The molecule has 1 aromatic heterocycles. The summed E-state index contributed by atoms with van der Waals surface area (Å²) in [4.78, 5) is 18.6. The van der Waals surface area contributed by atoms with Gasteiger partial charge in [-0.25, -0.2) is 4.98 Å². The second kappa shape index (κ2) is 4.59. The molecule has 0 unspecified atom stereocenters. The summed E-state index contributed by atoms with van der Waals surface area (Å²) in [5.41, 5.74) is 0.710. The standard InChI is InChI=1S/C9H13N3O3/c1-5-4-7(11-6(2)8(13)14)12-9(10-5)15-3/h4,6H,1-3H3,(H,13,14)(H,10,11,12)/t6-/m0/s1. The summed E-state index contributed by atoms with van der Waals surface area (Å²) in [6.45, 7) is 3.31. The molecule has 0 aliphatic rings. The third-order valence-corrected chi connectivity index (χ3v) is 1.75. The van der Waals surface area contributed by atoms with Crippen LogP contribution in [0.15, 0.2) is 6.07 Å². The fraction of sp³-hybridized carbons (Fsp3) is 0.444. The lowest BCUT2D eigenvalue weighted by molar-refractivity contribution is -0.137. The van der Waals surface area contributed by atoms with E-state index in [2.05, 4.69) is 15.3 Å². The van der Waals surface area contributed by atoms with Crippen LogP contribution in [0.4, 0.5) is 5.82 Å². The van der Waals surface area contributed by atoms with Crippen molar-refractivity contribution < 1.29 is 14.6 Å². The van der Waals surface area contributed by atoms with Gasteiger partial charge in [0.2, 0.25) is 0 Å². The predicted octanol–water partition coefficient (Wildman–Crippen LogP) is 0.679. The first-order valence-electron chi connectivity index (χ1n) is 4.42. The average molecular weight is 211 g/mol. The molecular weight excluding hydrogens is 198 g/mol. The van der Waals surface area contributed by atoms with E-state index in [1.54, 1.807) is 13.0 Å². The van der Waals surface area contributed by atoms with Gasteiger partial charge in [0.15, 0.2) is 0 Å². The Balaban J connectivity index is 2.85. The van der Waals surface area contributed by atoms with Gasteiger partial charge in [0.25, 0.3) is 0 Å². The number of aliphatic carboxylic acids is 1. The van der Waals surface area contributed by atoms with E-state index < -0.39 is 12.0 Å². The molecule has 0 bridgehead atoms.